The highest BCUT2D eigenvalue weighted by atomic mass is 16.5. The van der Waals surface area contributed by atoms with Crippen LogP contribution < -0.4 is 10.1 Å². The van der Waals surface area contributed by atoms with Crippen LogP contribution >= 0.6 is 0 Å². The number of rotatable bonds is 7. The third kappa shape index (κ3) is 4.35. The number of hydrogen-bond acceptors (Lipinski definition) is 3. The molecule has 148 valence electrons. The lowest BCUT2D eigenvalue weighted by molar-refractivity contribution is -0.129. The minimum absolute atomic E-state index is 0.0404. The van der Waals surface area contributed by atoms with E-state index >= 15 is 0 Å². The summed E-state index contributed by atoms with van der Waals surface area (Å²) in [5.41, 5.74) is 2.81. The first kappa shape index (κ1) is 19.9. The van der Waals surface area contributed by atoms with Crippen LogP contribution in [0.4, 0.5) is 5.69 Å². The number of nitrogens with one attached hydrogen (secondary N) is 1. The minimum atomic E-state index is -0.418. The molecule has 2 unspecified atom stereocenters. The number of unbranched alkanes of at least 4 members (excludes halogenated alkanes) is 1. The molecule has 1 heterocycles. The van der Waals surface area contributed by atoms with Crippen LogP contribution in [0.1, 0.15) is 43.4 Å². The summed E-state index contributed by atoms with van der Waals surface area (Å²) in [6.07, 6.45) is 2.15. The number of likely N-dealkylation sites (tertiary alicyclic amines) is 1. The van der Waals surface area contributed by atoms with E-state index < -0.39 is 5.92 Å². The molecular formula is C23H28N2O3. The molecule has 0 saturated carbocycles. The van der Waals surface area contributed by atoms with Gasteiger partial charge < -0.3 is 15.0 Å². The summed E-state index contributed by atoms with van der Waals surface area (Å²) in [7, 11) is 1.62. The molecule has 2 aromatic carbocycles. The predicted molar refractivity (Wildman–Crippen MR) is 110 cm³/mol. The lowest BCUT2D eigenvalue weighted by Crippen LogP contribution is -2.33. The van der Waals surface area contributed by atoms with Gasteiger partial charge in [0.1, 0.15) is 5.75 Å². The highest BCUT2D eigenvalue weighted by Crippen LogP contribution is 2.39. The van der Waals surface area contributed by atoms with Gasteiger partial charge in [-0.15, -0.1) is 0 Å². The monoisotopic (exact) mass is 380 g/mol. The van der Waals surface area contributed by atoms with E-state index in [-0.39, 0.29) is 24.3 Å². The van der Waals surface area contributed by atoms with E-state index in [9.17, 15) is 9.59 Å². The van der Waals surface area contributed by atoms with Gasteiger partial charge in [0, 0.05) is 18.7 Å². The van der Waals surface area contributed by atoms with Gasteiger partial charge in [-0.3, -0.25) is 9.59 Å². The van der Waals surface area contributed by atoms with E-state index in [4.69, 9.17) is 4.74 Å². The molecule has 28 heavy (non-hydrogen) atoms. The smallest absolute Gasteiger partial charge is 0.230 e. The van der Waals surface area contributed by atoms with Crippen molar-refractivity contribution in [3.63, 3.8) is 0 Å². The number of hydrogen-bond donors (Lipinski definition) is 1. The molecule has 5 heteroatoms. The molecule has 0 bridgehead atoms. The Balaban J connectivity index is 1.87. The Bertz CT molecular complexity index is 832. The van der Waals surface area contributed by atoms with Crippen LogP contribution in [0.25, 0.3) is 0 Å². The molecule has 0 spiro atoms. The van der Waals surface area contributed by atoms with Crippen molar-refractivity contribution in [1.82, 2.24) is 4.90 Å². The lowest BCUT2D eigenvalue weighted by Gasteiger charge is -2.28. The molecular weight excluding hydrogens is 352 g/mol. The highest BCUT2D eigenvalue weighted by Gasteiger charge is 2.44. The summed E-state index contributed by atoms with van der Waals surface area (Å²) < 4.78 is 5.25. The average Bonchev–Trinajstić information content (AvgIpc) is 3.03. The average molecular weight is 380 g/mol. The van der Waals surface area contributed by atoms with Gasteiger partial charge in [-0.2, -0.15) is 0 Å². The molecule has 1 N–H and O–H groups in total. The van der Waals surface area contributed by atoms with Crippen LogP contribution in [0.3, 0.4) is 0 Å². The van der Waals surface area contributed by atoms with Crippen molar-refractivity contribution in [3.8, 4) is 5.75 Å². The van der Waals surface area contributed by atoms with E-state index in [0.717, 1.165) is 35.4 Å². The van der Waals surface area contributed by atoms with E-state index in [1.54, 1.807) is 7.11 Å². The molecule has 5 nitrogen and oxygen atoms in total. The first-order chi connectivity index (χ1) is 13.5. The molecule has 3 rings (SSSR count). The van der Waals surface area contributed by atoms with Gasteiger partial charge in [0.25, 0.3) is 0 Å². The quantitative estimate of drug-likeness (QED) is 0.778. The van der Waals surface area contributed by atoms with Crippen LogP contribution in [0.15, 0.2) is 48.5 Å². The molecule has 2 aromatic rings. The standard InChI is InChI=1S/C23H28N2O3/c1-4-5-13-25-21(26)15-20(22(25)17-9-11-19(28-3)12-10-17)23(27)24-18-8-6-7-16(2)14-18/h6-12,14,20,22H,4-5,13,15H2,1-3H3,(H,24,27). The minimum Gasteiger partial charge on any atom is -0.497 e. The van der Waals surface area contributed by atoms with Crippen molar-refractivity contribution in [1.29, 1.82) is 0 Å². The van der Waals surface area contributed by atoms with E-state index in [0.29, 0.717) is 6.54 Å². The summed E-state index contributed by atoms with van der Waals surface area (Å²) >= 11 is 0. The van der Waals surface area contributed by atoms with E-state index in [2.05, 4.69) is 12.2 Å². The second-order valence-corrected chi connectivity index (χ2v) is 7.33. The van der Waals surface area contributed by atoms with Crippen molar-refractivity contribution in [2.24, 2.45) is 5.92 Å². The largest absolute Gasteiger partial charge is 0.497 e. The fraction of sp³-hybridized carbons (Fsp3) is 0.391. The number of anilines is 1. The molecule has 0 radical (unpaired) electrons. The van der Waals surface area contributed by atoms with E-state index in [1.807, 2.05) is 60.4 Å². The first-order valence-electron chi connectivity index (χ1n) is 9.84. The summed E-state index contributed by atoms with van der Waals surface area (Å²) in [5.74, 6) is 0.268. The number of carbonyl (C=O) groups excluding carboxylic acids is 2. The van der Waals surface area contributed by atoms with Gasteiger partial charge in [-0.1, -0.05) is 37.6 Å². The Morgan fingerprint density at radius 1 is 1.21 bits per heavy atom. The Morgan fingerprint density at radius 3 is 2.61 bits per heavy atom. The Morgan fingerprint density at radius 2 is 1.96 bits per heavy atom. The zero-order valence-electron chi connectivity index (χ0n) is 16.8. The highest BCUT2D eigenvalue weighted by molar-refractivity contribution is 5.98. The fourth-order valence-electron chi connectivity index (χ4n) is 3.79. The number of benzene rings is 2. The van der Waals surface area contributed by atoms with Gasteiger partial charge >= 0.3 is 0 Å². The number of nitrogens with zero attached hydrogens (tertiary/aromatic N) is 1. The second-order valence-electron chi connectivity index (χ2n) is 7.33. The molecule has 1 fully saturated rings. The Labute approximate surface area is 166 Å². The lowest BCUT2D eigenvalue weighted by atomic mass is 9.92. The number of amides is 2. The number of carbonyl (C=O) groups is 2. The SMILES string of the molecule is CCCCN1C(=O)CC(C(=O)Nc2cccc(C)c2)C1c1ccc(OC)cc1. The second kappa shape index (κ2) is 8.91. The molecule has 2 atom stereocenters. The Hall–Kier alpha value is -2.82. The van der Waals surface area contributed by atoms with Gasteiger partial charge in [0.15, 0.2) is 0 Å². The zero-order valence-corrected chi connectivity index (χ0v) is 16.8. The maximum Gasteiger partial charge on any atom is 0.230 e. The van der Waals surface area contributed by atoms with Gasteiger partial charge in [0.2, 0.25) is 11.8 Å². The molecule has 1 aliphatic rings. The van der Waals surface area contributed by atoms with Gasteiger partial charge in [-0.05, 0) is 48.7 Å². The fourth-order valence-corrected chi connectivity index (χ4v) is 3.79. The first-order valence-corrected chi connectivity index (χ1v) is 9.84. The van der Waals surface area contributed by atoms with Crippen LogP contribution in [0.5, 0.6) is 5.75 Å². The van der Waals surface area contributed by atoms with Crippen molar-refractivity contribution in [2.75, 3.05) is 19.0 Å². The number of methoxy groups -OCH3 is 1. The maximum absolute atomic E-state index is 13.1. The molecule has 1 saturated heterocycles. The van der Waals surface area contributed by atoms with Crippen molar-refractivity contribution >= 4 is 17.5 Å². The summed E-state index contributed by atoms with van der Waals surface area (Å²) in [6, 6.07) is 15.1. The summed E-state index contributed by atoms with van der Waals surface area (Å²) in [6.45, 7) is 4.76. The van der Waals surface area contributed by atoms with Crippen LogP contribution in [-0.2, 0) is 9.59 Å². The third-order valence-corrected chi connectivity index (χ3v) is 5.26. The van der Waals surface area contributed by atoms with Crippen LogP contribution in [0.2, 0.25) is 0 Å². The van der Waals surface area contributed by atoms with Gasteiger partial charge in [-0.25, -0.2) is 0 Å². The predicted octanol–water partition coefficient (Wildman–Crippen LogP) is 4.33. The topological polar surface area (TPSA) is 58.6 Å². The zero-order chi connectivity index (χ0) is 20.1. The number of aryl methyl sites for hydroxylation is 1. The van der Waals surface area contributed by atoms with Gasteiger partial charge in [0.05, 0.1) is 19.1 Å². The normalized spacial score (nSPS) is 19.0. The molecule has 0 aromatic heterocycles. The van der Waals surface area contributed by atoms with Crippen molar-refractivity contribution in [2.45, 2.75) is 39.2 Å². The van der Waals surface area contributed by atoms with Crippen molar-refractivity contribution in [3.05, 3.63) is 59.7 Å². The van der Waals surface area contributed by atoms with Crippen molar-refractivity contribution < 1.29 is 14.3 Å². The summed E-state index contributed by atoms with van der Waals surface area (Å²) in [5, 5.41) is 3.00. The molecule has 1 aliphatic heterocycles. The van der Waals surface area contributed by atoms with E-state index in [1.165, 1.54) is 0 Å². The third-order valence-electron chi connectivity index (χ3n) is 5.26. The molecule has 2 amide bonds. The van der Waals surface area contributed by atoms with Crippen LogP contribution in [-0.4, -0.2) is 30.4 Å². The number of ether oxygens (including phenoxy) is 1. The molecule has 0 aliphatic carbocycles. The summed E-state index contributed by atoms with van der Waals surface area (Å²) in [4.78, 5) is 27.7. The maximum atomic E-state index is 13.1. The Kier molecular flexibility index (Phi) is 6.34. The van der Waals surface area contributed by atoms with Crippen LogP contribution in [0, 0.1) is 12.8 Å².